The first-order valence-corrected chi connectivity index (χ1v) is 10.3. The Morgan fingerprint density at radius 1 is 1.33 bits per heavy atom. The van der Waals surface area contributed by atoms with E-state index in [1.54, 1.807) is 0 Å². The maximum Gasteiger partial charge on any atom is 0.191 e. The number of para-hydroxylation sites is 1. The molecule has 4 rings (SSSR count). The predicted octanol–water partition coefficient (Wildman–Crippen LogP) is 3.47. The number of hydrogen-bond donors (Lipinski definition) is 3. The van der Waals surface area contributed by atoms with Crippen LogP contribution in [0.15, 0.2) is 35.5 Å². The van der Waals surface area contributed by atoms with Gasteiger partial charge in [0.1, 0.15) is 0 Å². The third-order valence-corrected chi connectivity index (χ3v) is 6.29. The molecular formula is C22H32N4O. The molecule has 5 heteroatoms. The highest BCUT2D eigenvalue weighted by Gasteiger charge is 2.58. The molecule has 3 unspecified atom stereocenters. The van der Waals surface area contributed by atoms with E-state index in [0.717, 1.165) is 32.1 Å². The summed E-state index contributed by atoms with van der Waals surface area (Å²) in [5.41, 5.74) is 2.67. The Balaban J connectivity index is 1.41. The van der Waals surface area contributed by atoms with Crippen molar-refractivity contribution in [2.75, 3.05) is 19.7 Å². The Kier molecular flexibility index (Phi) is 5.13. The highest BCUT2D eigenvalue weighted by atomic mass is 16.5. The first kappa shape index (κ1) is 18.4. The van der Waals surface area contributed by atoms with Crippen molar-refractivity contribution in [2.24, 2.45) is 16.3 Å². The van der Waals surface area contributed by atoms with Crippen LogP contribution in [0.4, 0.5) is 0 Å². The normalized spacial score (nSPS) is 27.1. The van der Waals surface area contributed by atoms with E-state index >= 15 is 0 Å². The second-order valence-electron chi connectivity index (χ2n) is 8.41. The highest BCUT2D eigenvalue weighted by molar-refractivity contribution is 5.83. The van der Waals surface area contributed by atoms with Crippen molar-refractivity contribution >= 4 is 16.9 Å². The van der Waals surface area contributed by atoms with Crippen LogP contribution in [0.1, 0.15) is 39.2 Å². The molecule has 0 amide bonds. The van der Waals surface area contributed by atoms with Crippen LogP contribution in [0.2, 0.25) is 0 Å². The molecule has 2 aromatic rings. The smallest absolute Gasteiger partial charge is 0.191 e. The van der Waals surface area contributed by atoms with Gasteiger partial charge in [-0.3, -0.25) is 4.99 Å². The van der Waals surface area contributed by atoms with Crippen molar-refractivity contribution in [3.63, 3.8) is 0 Å². The van der Waals surface area contributed by atoms with Crippen molar-refractivity contribution < 1.29 is 4.74 Å². The molecule has 2 aliphatic rings. The fourth-order valence-electron chi connectivity index (χ4n) is 4.91. The van der Waals surface area contributed by atoms with E-state index in [-0.39, 0.29) is 5.41 Å². The van der Waals surface area contributed by atoms with Gasteiger partial charge in [0.25, 0.3) is 0 Å². The minimum absolute atomic E-state index is 0.151. The molecule has 3 atom stereocenters. The second-order valence-corrected chi connectivity index (χ2v) is 8.41. The van der Waals surface area contributed by atoms with Crippen LogP contribution < -0.4 is 10.6 Å². The SMILES string of the molecule is CCNC(=NCCc1c[nH]c2ccccc12)NC1C2CCCOC2C1(C)C. The molecule has 1 saturated carbocycles. The Labute approximate surface area is 162 Å². The predicted molar refractivity (Wildman–Crippen MR) is 111 cm³/mol. The van der Waals surface area contributed by atoms with Gasteiger partial charge in [-0.05, 0) is 37.8 Å². The molecule has 27 heavy (non-hydrogen) atoms. The standard InChI is InChI=1S/C22H32N4O/c1-4-23-21(26-19-17-9-7-13-27-20(17)22(19,2)3)24-12-11-15-14-25-18-10-6-5-8-16(15)18/h5-6,8,10,14,17,19-20,25H,4,7,9,11-13H2,1-3H3,(H2,23,24,26). The molecule has 2 heterocycles. The van der Waals surface area contributed by atoms with Crippen LogP contribution in [0.3, 0.4) is 0 Å². The van der Waals surface area contributed by atoms with Gasteiger partial charge in [-0.2, -0.15) is 0 Å². The molecule has 1 aromatic heterocycles. The number of aromatic amines is 1. The third-order valence-electron chi connectivity index (χ3n) is 6.29. The minimum Gasteiger partial charge on any atom is -0.377 e. The maximum absolute atomic E-state index is 6.03. The number of nitrogens with one attached hydrogen (secondary N) is 3. The zero-order valence-corrected chi connectivity index (χ0v) is 16.7. The summed E-state index contributed by atoms with van der Waals surface area (Å²) < 4.78 is 6.03. The number of rotatable bonds is 5. The summed E-state index contributed by atoms with van der Waals surface area (Å²) in [6.45, 7) is 9.30. The molecule has 0 bridgehead atoms. The lowest BCUT2D eigenvalue weighted by Gasteiger charge is -2.60. The van der Waals surface area contributed by atoms with Gasteiger partial charge in [-0.15, -0.1) is 0 Å². The van der Waals surface area contributed by atoms with Gasteiger partial charge in [0.15, 0.2) is 5.96 Å². The lowest BCUT2D eigenvalue weighted by molar-refractivity contribution is -0.188. The summed E-state index contributed by atoms with van der Waals surface area (Å²) in [6.07, 6.45) is 5.85. The number of aliphatic imine (C=N–C) groups is 1. The quantitative estimate of drug-likeness (QED) is 0.559. The molecule has 2 fully saturated rings. The molecule has 1 aliphatic carbocycles. The van der Waals surface area contributed by atoms with Gasteiger partial charge < -0.3 is 20.4 Å². The van der Waals surface area contributed by atoms with Crippen LogP contribution in [-0.2, 0) is 11.2 Å². The summed E-state index contributed by atoms with van der Waals surface area (Å²) >= 11 is 0. The van der Waals surface area contributed by atoms with Crippen LogP contribution >= 0.6 is 0 Å². The van der Waals surface area contributed by atoms with Crippen molar-refractivity contribution in [3.8, 4) is 0 Å². The first-order valence-electron chi connectivity index (χ1n) is 10.3. The second kappa shape index (κ2) is 7.55. The molecule has 1 aromatic carbocycles. The Hall–Kier alpha value is -2.01. The van der Waals surface area contributed by atoms with Gasteiger partial charge in [0, 0.05) is 54.2 Å². The summed E-state index contributed by atoms with van der Waals surface area (Å²) in [5.74, 6) is 1.53. The van der Waals surface area contributed by atoms with E-state index < -0.39 is 0 Å². The molecule has 0 spiro atoms. The molecule has 3 N–H and O–H groups in total. The van der Waals surface area contributed by atoms with Gasteiger partial charge in [-0.1, -0.05) is 32.0 Å². The van der Waals surface area contributed by atoms with Gasteiger partial charge in [0.05, 0.1) is 6.10 Å². The molecule has 1 saturated heterocycles. The van der Waals surface area contributed by atoms with Crippen molar-refractivity contribution in [3.05, 3.63) is 36.0 Å². The number of fused-ring (bicyclic) bond motifs is 2. The summed E-state index contributed by atoms with van der Waals surface area (Å²) in [4.78, 5) is 8.21. The molecule has 146 valence electrons. The van der Waals surface area contributed by atoms with Crippen LogP contribution in [0.5, 0.6) is 0 Å². The Morgan fingerprint density at radius 2 is 2.19 bits per heavy atom. The van der Waals surface area contributed by atoms with Crippen LogP contribution in [0.25, 0.3) is 10.9 Å². The van der Waals surface area contributed by atoms with E-state index in [9.17, 15) is 0 Å². The van der Waals surface area contributed by atoms with Crippen molar-refractivity contribution in [2.45, 2.75) is 52.2 Å². The van der Waals surface area contributed by atoms with Crippen molar-refractivity contribution in [1.82, 2.24) is 15.6 Å². The molecule has 5 nitrogen and oxygen atoms in total. The molecule has 0 radical (unpaired) electrons. The number of H-pyrrole nitrogens is 1. The van der Waals surface area contributed by atoms with E-state index in [4.69, 9.17) is 9.73 Å². The number of guanidine groups is 1. The average Bonchev–Trinajstić information content (AvgIpc) is 3.09. The number of benzene rings is 1. The fraction of sp³-hybridized carbons (Fsp3) is 0.591. The number of nitrogens with zero attached hydrogens (tertiary/aromatic N) is 1. The van der Waals surface area contributed by atoms with E-state index in [0.29, 0.717) is 18.1 Å². The van der Waals surface area contributed by atoms with Gasteiger partial charge in [0.2, 0.25) is 0 Å². The van der Waals surface area contributed by atoms with Crippen molar-refractivity contribution in [1.29, 1.82) is 0 Å². The van der Waals surface area contributed by atoms with E-state index in [1.807, 2.05) is 0 Å². The first-order chi connectivity index (χ1) is 13.1. The lowest BCUT2D eigenvalue weighted by Crippen LogP contribution is -2.71. The van der Waals surface area contributed by atoms with Crippen LogP contribution in [-0.4, -0.2) is 42.8 Å². The highest BCUT2D eigenvalue weighted by Crippen LogP contribution is 2.51. The zero-order valence-electron chi connectivity index (χ0n) is 16.7. The monoisotopic (exact) mass is 368 g/mol. The number of hydrogen-bond acceptors (Lipinski definition) is 2. The topological polar surface area (TPSA) is 61.4 Å². The van der Waals surface area contributed by atoms with E-state index in [1.165, 1.54) is 29.3 Å². The minimum atomic E-state index is 0.151. The largest absolute Gasteiger partial charge is 0.377 e. The summed E-state index contributed by atoms with van der Waals surface area (Å²) in [6, 6.07) is 8.88. The summed E-state index contributed by atoms with van der Waals surface area (Å²) in [7, 11) is 0. The van der Waals surface area contributed by atoms with Crippen LogP contribution in [0, 0.1) is 11.3 Å². The Bertz CT molecular complexity index is 810. The lowest BCUT2D eigenvalue weighted by atomic mass is 9.55. The number of aromatic nitrogens is 1. The maximum atomic E-state index is 6.03. The van der Waals surface area contributed by atoms with Gasteiger partial charge >= 0.3 is 0 Å². The third kappa shape index (κ3) is 3.45. The molecule has 1 aliphatic heterocycles. The van der Waals surface area contributed by atoms with Gasteiger partial charge in [-0.25, -0.2) is 0 Å². The van der Waals surface area contributed by atoms with E-state index in [2.05, 4.69) is 66.9 Å². The molecular weight excluding hydrogens is 336 g/mol. The zero-order chi connectivity index (χ0) is 18.9. The Morgan fingerprint density at radius 3 is 3.04 bits per heavy atom. The fourth-order valence-corrected chi connectivity index (χ4v) is 4.91. The average molecular weight is 369 g/mol. The summed E-state index contributed by atoms with van der Waals surface area (Å²) in [5, 5.41) is 8.43. The number of ether oxygens (including phenoxy) is 1.